The average Bonchev–Trinajstić information content (AvgIpc) is 3.66. The molecule has 2 saturated carbocycles. The Morgan fingerprint density at radius 2 is 1.10 bits per heavy atom. The van der Waals surface area contributed by atoms with Gasteiger partial charge in [0.1, 0.15) is 23.0 Å². The molecule has 4 bridgehead atoms. The molecule has 48 heavy (non-hydrogen) atoms. The predicted molar refractivity (Wildman–Crippen MR) is 179 cm³/mol. The maximum atomic E-state index is 14.6. The molecule has 0 N–H and O–H groups in total. The summed E-state index contributed by atoms with van der Waals surface area (Å²) >= 11 is 0. The highest BCUT2D eigenvalue weighted by molar-refractivity contribution is 6.30. The third kappa shape index (κ3) is 4.26. The first-order chi connectivity index (χ1) is 23.3. The van der Waals surface area contributed by atoms with E-state index in [1.165, 1.54) is 24.3 Å². The van der Waals surface area contributed by atoms with Gasteiger partial charge in [-0.1, -0.05) is 27.7 Å². The highest BCUT2D eigenvalue weighted by Crippen LogP contribution is 2.93. The van der Waals surface area contributed by atoms with E-state index in [9.17, 15) is 19.2 Å². The molecule has 0 saturated heterocycles. The summed E-state index contributed by atoms with van der Waals surface area (Å²) in [5.74, 6) is -1.09. The van der Waals surface area contributed by atoms with Gasteiger partial charge in [-0.3, -0.25) is 19.2 Å². The second kappa shape index (κ2) is 12.2. The van der Waals surface area contributed by atoms with Crippen molar-refractivity contribution < 1.29 is 38.1 Å². The van der Waals surface area contributed by atoms with Crippen LogP contribution in [0.5, 0.6) is 23.0 Å². The molecule has 8 nitrogen and oxygen atoms in total. The average molecular weight is 651 g/mol. The van der Waals surface area contributed by atoms with Crippen LogP contribution in [0.1, 0.15) is 76.3 Å². The topological polar surface area (TPSA) is 105 Å². The number of benzene rings is 2. The normalized spacial score (nSPS) is 29.2. The van der Waals surface area contributed by atoms with Crippen molar-refractivity contribution in [3.63, 3.8) is 0 Å². The lowest BCUT2D eigenvalue weighted by molar-refractivity contribution is -0.131. The van der Waals surface area contributed by atoms with Crippen molar-refractivity contribution >= 4 is 23.1 Å². The Balaban J connectivity index is 1.53. The zero-order valence-electron chi connectivity index (χ0n) is 28.0. The zero-order valence-corrected chi connectivity index (χ0v) is 28.0. The summed E-state index contributed by atoms with van der Waals surface area (Å²) in [6.45, 7) is 10.0. The lowest BCUT2D eigenvalue weighted by Crippen LogP contribution is -2.49. The van der Waals surface area contributed by atoms with E-state index in [0.29, 0.717) is 60.6 Å². The van der Waals surface area contributed by atoms with Crippen LogP contribution < -0.4 is 18.9 Å². The van der Waals surface area contributed by atoms with Crippen molar-refractivity contribution in [3.8, 4) is 23.0 Å². The molecule has 0 heterocycles. The summed E-state index contributed by atoms with van der Waals surface area (Å²) in [5, 5.41) is 0. The number of ether oxygens (including phenoxy) is 4. The second-order valence-electron chi connectivity index (χ2n) is 13.4. The minimum Gasteiger partial charge on any atom is -0.494 e. The summed E-state index contributed by atoms with van der Waals surface area (Å²) in [4.78, 5) is 57.1. The summed E-state index contributed by atoms with van der Waals surface area (Å²) in [5.41, 5.74) is -0.766. The molecular formula is C40H42O8. The molecule has 8 heteroatoms. The summed E-state index contributed by atoms with van der Waals surface area (Å²) < 4.78 is 24.9. The Bertz CT molecular complexity index is 1800. The van der Waals surface area contributed by atoms with Crippen LogP contribution in [0.4, 0.5) is 0 Å². The van der Waals surface area contributed by atoms with Gasteiger partial charge in [-0.25, -0.2) is 0 Å². The van der Waals surface area contributed by atoms with Gasteiger partial charge in [-0.2, -0.15) is 0 Å². The molecule has 2 fully saturated rings. The summed E-state index contributed by atoms with van der Waals surface area (Å²) in [7, 11) is 0. The summed E-state index contributed by atoms with van der Waals surface area (Å²) in [6, 6.07) is 11.3. The van der Waals surface area contributed by atoms with Gasteiger partial charge in [-0.05, 0) is 92.3 Å². The van der Waals surface area contributed by atoms with E-state index in [-0.39, 0.29) is 28.7 Å². The van der Waals surface area contributed by atoms with Gasteiger partial charge in [-0.15, -0.1) is 0 Å². The number of carbonyl (C=O) groups excluding carboxylic acids is 4. The Labute approximate surface area is 281 Å². The van der Waals surface area contributed by atoms with Crippen LogP contribution in [-0.4, -0.2) is 49.6 Å². The Hall–Kier alpha value is -4.46. The molecule has 2 aromatic carbocycles. The monoisotopic (exact) mass is 650 g/mol. The number of carbonyl (C=O) groups is 4. The first-order valence-electron chi connectivity index (χ1n) is 17.4. The molecule has 2 aromatic rings. The third-order valence-electron chi connectivity index (χ3n) is 10.7. The van der Waals surface area contributed by atoms with Crippen LogP contribution in [0, 0.1) is 22.7 Å². The number of hydrogen-bond donors (Lipinski definition) is 0. The van der Waals surface area contributed by atoms with Crippen LogP contribution in [-0.2, 0) is 19.2 Å². The van der Waals surface area contributed by atoms with Crippen molar-refractivity contribution in [1.29, 1.82) is 0 Å². The number of ketones is 4. The van der Waals surface area contributed by atoms with Gasteiger partial charge < -0.3 is 18.9 Å². The van der Waals surface area contributed by atoms with E-state index in [0.717, 1.165) is 31.2 Å². The molecule has 6 aliphatic carbocycles. The van der Waals surface area contributed by atoms with E-state index >= 15 is 0 Å². The lowest BCUT2D eigenvalue weighted by Gasteiger charge is -2.47. The van der Waals surface area contributed by atoms with Crippen LogP contribution in [0.3, 0.4) is 0 Å². The van der Waals surface area contributed by atoms with E-state index in [2.05, 4.69) is 0 Å². The first-order valence-corrected chi connectivity index (χ1v) is 17.4. The number of hydrogen-bond acceptors (Lipinski definition) is 8. The third-order valence-corrected chi connectivity index (χ3v) is 10.7. The van der Waals surface area contributed by atoms with Crippen molar-refractivity contribution in [2.24, 2.45) is 22.7 Å². The molecule has 250 valence electrons. The van der Waals surface area contributed by atoms with Gasteiger partial charge in [0, 0.05) is 40.0 Å². The van der Waals surface area contributed by atoms with Crippen molar-refractivity contribution in [1.82, 2.24) is 0 Å². The van der Waals surface area contributed by atoms with Gasteiger partial charge in [0.2, 0.25) is 0 Å². The molecule has 6 aliphatic rings. The van der Waals surface area contributed by atoms with Gasteiger partial charge in [0.25, 0.3) is 0 Å². The van der Waals surface area contributed by atoms with Crippen LogP contribution >= 0.6 is 0 Å². The van der Waals surface area contributed by atoms with Crippen molar-refractivity contribution in [2.45, 2.75) is 65.2 Å². The molecule has 0 aromatic heterocycles. The Morgan fingerprint density at radius 3 is 1.71 bits per heavy atom. The largest absolute Gasteiger partial charge is 0.494 e. The van der Waals surface area contributed by atoms with Crippen LogP contribution in [0.2, 0.25) is 0 Å². The fourth-order valence-corrected chi connectivity index (χ4v) is 9.32. The maximum Gasteiger partial charge on any atom is 0.183 e. The SMILES string of the molecule is CCCOc1ccc(OCCC)c([C@H]2[C@@H]3C4=C(C(=O)C=CC4=O)[C@]45C(=O)C=CC(=O)[C@@]4([C@@H]3c3cc(OCCC)ccc3OCCC)[C@H]25)c1. The predicted octanol–water partition coefficient (Wildman–Crippen LogP) is 6.67. The minimum absolute atomic E-state index is 0.198. The highest BCUT2D eigenvalue weighted by atomic mass is 16.5. The van der Waals surface area contributed by atoms with E-state index < -0.39 is 34.5 Å². The van der Waals surface area contributed by atoms with Crippen molar-refractivity contribution in [2.75, 3.05) is 26.4 Å². The number of rotatable bonds is 14. The fraction of sp³-hybridized carbons (Fsp3) is 0.450. The smallest absolute Gasteiger partial charge is 0.183 e. The zero-order chi connectivity index (χ0) is 33.8. The molecular weight excluding hydrogens is 608 g/mol. The fourth-order valence-electron chi connectivity index (χ4n) is 9.32. The molecule has 0 unspecified atom stereocenters. The van der Waals surface area contributed by atoms with Crippen molar-refractivity contribution in [3.05, 3.63) is 83.0 Å². The summed E-state index contributed by atoms with van der Waals surface area (Å²) in [6.07, 6.45) is 8.42. The van der Waals surface area contributed by atoms with E-state index in [1.54, 1.807) is 0 Å². The minimum atomic E-state index is -1.49. The number of allylic oxidation sites excluding steroid dienone is 6. The molecule has 0 amide bonds. The first kappa shape index (κ1) is 32.1. The van der Waals surface area contributed by atoms with Crippen LogP contribution in [0.15, 0.2) is 71.8 Å². The quantitative estimate of drug-likeness (QED) is 0.209. The molecule has 0 aliphatic heterocycles. The second-order valence-corrected chi connectivity index (χ2v) is 13.4. The maximum absolute atomic E-state index is 14.6. The van der Waals surface area contributed by atoms with Crippen LogP contribution in [0.25, 0.3) is 0 Å². The lowest BCUT2D eigenvalue weighted by atomic mass is 9.53. The Morgan fingerprint density at radius 1 is 0.583 bits per heavy atom. The molecule has 6 atom stereocenters. The van der Waals surface area contributed by atoms with Gasteiger partial charge in [0.15, 0.2) is 23.1 Å². The van der Waals surface area contributed by atoms with Gasteiger partial charge in [0.05, 0.1) is 37.3 Å². The Kier molecular flexibility index (Phi) is 8.17. The standard InChI is InChI=1S/C40H42O8/c1-5-17-45-23-9-13-29(47-19-7-3)25(21-23)33-35-34-27(41)11-12-28(42)37(34)40-32(44)16-15-31(43)39(40,38(33)40)36(35)26-22-24(46-18-6-2)10-14-30(26)48-20-8-4/h9-16,21-22,33,35-36,38H,5-8,17-20H2,1-4H3/t33-,35+,36+,38-,39+,40-/m0/s1. The molecule has 8 rings (SSSR count). The van der Waals surface area contributed by atoms with E-state index in [1.807, 2.05) is 64.1 Å². The molecule has 0 radical (unpaired) electrons. The van der Waals surface area contributed by atoms with E-state index in [4.69, 9.17) is 18.9 Å². The highest BCUT2D eigenvalue weighted by Gasteiger charge is 2.96. The van der Waals surface area contributed by atoms with Gasteiger partial charge >= 0.3 is 0 Å². The molecule has 2 spiro atoms.